The van der Waals surface area contributed by atoms with Gasteiger partial charge in [0, 0.05) is 6.04 Å². The lowest BCUT2D eigenvalue weighted by Crippen LogP contribution is -2.37. The van der Waals surface area contributed by atoms with Gasteiger partial charge in [-0.2, -0.15) is 0 Å². The molecule has 4 saturated carbocycles. The Kier molecular flexibility index (Phi) is 1.81. The molecule has 0 aromatic heterocycles. The molecule has 4 aliphatic rings. The normalized spacial score (nSPS) is 53.1. The summed E-state index contributed by atoms with van der Waals surface area (Å²) in [6, 6.07) is 0.981. The topological polar surface area (TPSA) is 3.24 Å². The molecule has 0 unspecified atom stereocenters. The molecule has 0 spiro atoms. The predicted molar refractivity (Wildman–Crippen MR) is 59.1 cm³/mol. The minimum absolute atomic E-state index is 0.845. The van der Waals surface area contributed by atoms with Gasteiger partial charge >= 0.3 is 0 Å². The summed E-state index contributed by atoms with van der Waals surface area (Å²) in [5.41, 5.74) is 0.845. The second kappa shape index (κ2) is 2.75. The molecule has 4 rings (SSSR count). The molecule has 0 amide bonds. The zero-order chi connectivity index (χ0) is 9.92. The Morgan fingerprint density at radius 2 is 1.93 bits per heavy atom. The molecule has 5 atom stereocenters. The Morgan fingerprint density at radius 3 is 2.36 bits per heavy atom. The van der Waals surface area contributed by atoms with E-state index in [2.05, 4.69) is 25.7 Å². The Balaban J connectivity index is 1.81. The van der Waals surface area contributed by atoms with Crippen molar-refractivity contribution in [2.75, 3.05) is 13.1 Å². The highest BCUT2D eigenvalue weighted by Crippen LogP contribution is 2.81. The van der Waals surface area contributed by atoms with Crippen LogP contribution in [0.5, 0.6) is 0 Å². The molecule has 14 heavy (non-hydrogen) atoms. The Bertz CT molecular complexity index is 246. The third-order valence-electron chi connectivity index (χ3n) is 5.67. The van der Waals surface area contributed by atoms with Crippen LogP contribution in [0.15, 0.2) is 0 Å². The smallest absolute Gasteiger partial charge is 0.0160 e. The maximum atomic E-state index is 2.74. The summed E-state index contributed by atoms with van der Waals surface area (Å²) in [6.07, 6.45) is 4.59. The summed E-state index contributed by atoms with van der Waals surface area (Å²) < 4.78 is 0. The van der Waals surface area contributed by atoms with Crippen molar-refractivity contribution in [3.05, 3.63) is 0 Å². The Hall–Kier alpha value is -0.0400. The highest BCUT2D eigenvalue weighted by atomic mass is 15.2. The summed E-state index contributed by atoms with van der Waals surface area (Å²) in [7, 11) is 0. The van der Waals surface area contributed by atoms with Gasteiger partial charge in [-0.15, -0.1) is 0 Å². The van der Waals surface area contributed by atoms with Crippen LogP contribution in [0.4, 0.5) is 0 Å². The Morgan fingerprint density at radius 1 is 1.21 bits per heavy atom. The molecule has 80 valence electrons. The first-order valence-electron chi connectivity index (χ1n) is 6.52. The van der Waals surface area contributed by atoms with Crippen LogP contribution in [0.2, 0.25) is 0 Å². The van der Waals surface area contributed by atoms with Gasteiger partial charge in [0.2, 0.25) is 0 Å². The minimum Gasteiger partial charge on any atom is -0.300 e. The van der Waals surface area contributed by atoms with Crippen molar-refractivity contribution in [2.45, 2.75) is 46.1 Å². The highest BCUT2D eigenvalue weighted by Gasteiger charge is 2.77. The molecule has 4 aliphatic carbocycles. The summed E-state index contributed by atoms with van der Waals surface area (Å²) >= 11 is 0. The van der Waals surface area contributed by atoms with E-state index in [0.29, 0.717) is 0 Å². The fraction of sp³-hybridized carbons (Fsp3) is 1.00. The molecule has 1 heteroatoms. The van der Waals surface area contributed by atoms with Crippen LogP contribution in [0, 0.1) is 23.2 Å². The van der Waals surface area contributed by atoms with E-state index in [4.69, 9.17) is 0 Å². The third-order valence-corrected chi connectivity index (χ3v) is 5.67. The average molecular weight is 193 g/mol. The molecule has 0 radical (unpaired) electrons. The first-order valence-corrected chi connectivity index (χ1v) is 6.52. The second-order valence-electron chi connectivity index (χ2n) is 5.63. The summed E-state index contributed by atoms with van der Waals surface area (Å²) in [5, 5.41) is 0. The van der Waals surface area contributed by atoms with Gasteiger partial charge in [0.15, 0.2) is 0 Å². The van der Waals surface area contributed by atoms with Crippen LogP contribution in [0.1, 0.15) is 40.0 Å². The molecule has 0 heterocycles. The zero-order valence-electron chi connectivity index (χ0n) is 9.79. The van der Waals surface area contributed by atoms with Gasteiger partial charge in [0.05, 0.1) is 0 Å². The monoisotopic (exact) mass is 193 g/mol. The van der Waals surface area contributed by atoms with Crippen LogP contribution >= 0.6 is 0 Å². The summed E-state index contributed by atoms with van der Waals surface area (Å²) in [4.78, 5) is 2.74. The van der Waals surface area contributed by atoms with E-state index < -0.39 is 0 Å². The number of rotatable bonds is 4. The molecule has 0 aromatic rings. The van der Waals surface area contributed by atoms with Crippen LogP contribution < -0.4 is 0 Å². The van der Waals surface area contributed by atoms with Gasteiger partial charge in [-0.3, -0.25) is 0 Å². The molecular weight excluding hydrogens is 170 g/mol. The summed E-state index contributed by atoms with van der Waals surface area (Å²) in [5.74, 6) is 3.32. The van der Waals surface area contributed by atoms with E-state index in [-0.39, 0.29) is 0 Å². The zero-order valence-corrected chi connectivity index (χ0v) is 9.79. The van der Waals surface area contributed by atoms with Crippen molar-refractivity contribution in [1.29, 1.82) is 0 Å². The number of nitrogens with zero attached hydrogens (tertiary/aromatic N) is 1. The molecule has 0 aliphatic heterocycles. The van der Waals surface area contributed by atoms with Gasteiger partial charge < -0.3 is 4.90 Å². The van der Waals surface area contributed by atoms with Crippen molar-refractivity contribution in [3.63, 3.8) is 0 Å². The Labute approximate surface area is 87.9 Å². The van der Waals surface area contributed by atoms with Crippen LogP contribution in [0.3, 0.4) is 0 Å². The highest BCUT2D eigenvalue weighted by molar-refractivity contribution is 5.27. The van der Waals surface area contributed by atoms with E-state index in [1.165, 1.54) is 19.5 Å². The molecule has 0 N–H and O–H groups in total. The van der Waals surface area contributed by atoms with E-state index in [1.54, 1.807) is 12.8 Å². The summed E-state index contributed by atoms with van der Waals surface area (Å²) in [6.45, 7) is 9.60. The first kappa shape index (κ1) is 9.21. The van der Waals surface area contributed by atoms with E-state index in [0.717, 1.165) is 29.2 Å². The van der Waals surface area contributed by atoms with Gasteiger partial charge in [-0.05, 0) is 55.5 Å². The van der Waals surface area contributed by atoms with Crippen LogP contribution in [-0.2, 0) is 0 Å². The fourth-order valence-corrected chi connectivity index (χ4v) is 5.12. The molecule has 0 saturated heterocycles. The van der Waals surface area contributed by atoms with E-state index in [9.17, 15) is 0 Å². The lowest BCUT2D eigenvalue weighted by Gasteiger charge is -2.29. The maximum Gasteiger partial charge on any atom is 0.0160 e. The van der Waals surface area contributed by atoms with Crippen molar-refractivity contribution in [3.8, 4) is 0 Å². The number of hydrogen-bond acceptors (Lipinski definition) is 1. The van der Waals surface area contributed by atoms with Crippen molar-refractivity contribution in [2.24, 2.45) is 23.2 Å². The maximum absolute atomic E-state index is 2.74. The van der Waals surface area contributed by atoms with Crippen molar-refractivity contribution >= 4 is 0 Å². The van der Waals surface area contributed by atoms with Crippen molar-refractivity contribution < 1.29 is 0 Å². The fourth-order valence-electron chi connectivity index (χ4n) is 5.12. The molecule has 4 fully saturated rings. The quantitative estimate of drug-likeness (QED) is 0.663. The SMILES string of the molecule is CCN(CC)[C@@H]1[C@@H]2C[C@@H]3[C@H]1[C@]3(CC)C2. The van der Waals surface area contributed by atoms with E-state index >= 15 is 0 Å². The van der Waals surface area contributed by atoms with E-state index in [1.807, 2.05) is 0 Å². The minimum atomic E-state index is 0.845. The first-order chi connectivity index (χ1) is 6.78. The molecule has 1 nitrogen and oxygen atoms in total. The largest absolute Gasteiger partial charge is 0.300 e. The lowest BCUT2D eigenvalue weighted by atomic mass is 10.0. The van der Waals surface area contributed by atoms with Crippen LogP contribution in [0.25, 0.3) is 0 Å². The van der Waals surface area contributed by atoms with Crippen LogP contribution in [-0.4, -0.2) is 24.0 Å². The van der Waals surface area contributed by atoms with Gasteiger partial charge in [-0.1, -0.05) is 20.8 Å². The molecular formula is C13H23N. The lowest BCUT2D eigenvalue weighted by molar-refractivity contribution is 0.177. The van der Waals surface area contributed by atoms with Crippen molar-refractivity contribution in [1.82, 2.24) is 4.90 Å². The van der Waals surface area contributed by atoms with Gasteiger partial charge in [0.1, 0.15) is 0 Å². The standard InChI is InChI=1S/C13H23N/c1-4-13-8-9-7-10(13)11(13)12(9)14(5-2)6-3/h9-12H,4-8H2,1-3H3/t9-,10-,11-,12-,13-/m1/s1. The second-order valence-corrected chi connectivity index (χ2v) is 5.63. The van der Waals surface area contributed by atoms with Gasteiger partial charge in [-0.25, -0.2) is 0 Å². The average Bonchev–Trinajstić information content (AvgIpc) is 2.65. The number of hydrogen-bond donors (Lipinski definition) is 0. The third kappa shape index (κ3) is 0.816. The predicted octanol–water partition coefficient (Wildman–Crippen LogP) is 2.76. The molecule has 0 aromatic carbocycles. The van der Waals surface area contributed by atoms with Gasteiger partial charge in [0.25, 0.3) is 0 Å². The molecule has 4 bridgehead atoms.